The summed E-state index contributed by atoms with van der Waals surface area (Å²) >= 11 is 0. The van der Waals surface area contributed by atoms with E-state index in [4.69, 9.17) is 0 Å². The Labute approximate surface area is 160 Å². The van der Waals surface area contributed by atoms with Crippen molar-refractivity contribution in [2.24, 2.45) is 40.4 Å². The zero-order valence-corrected chi connectivity index (χ0v) is 16.2. The fraction of sp³-hybridized carbons (Fsp3) is 0.818. The number of nitrogens with zero attached hydrogens (tertiary/aromatic N) is 1. The second-order valence-electron chi connectivity index (χ2n) is 10.8. The van der Waals surface area contributed by atoms with Gasteiger partial charge in [0.05, 0.1) is 30.5 Å². The van der Waals surface area contributed by atoms with Crippen LogP contribution in [0.4, 0.5) is 0 Å². The average Bonchev–Trinajstić information content (AvgIpc) is 3.19. The number of allylic oxidation sites excluding steroid dienone is 2. The lowest BCUT2D eigenvalue weighted by molar-refractivity contribution is -0.908. The molecule has 146 valence electrons. The summed E-state index contributed by atoms with van der Waals surface area (Å²) in [5, 5.41) is 23.9. The van der Waals surface area contributed by atoms with Gasteiger partial charge < -0.3 is 15.0 Å². The van der Waals surface area contributed by atoms with Crippen molar-refractivity contribution in [2.45, 2.75) is 58.4 Å². The fourth-order valence-corrected chi connectivity index (χ4v) is 9.23. The van der Waals surface area contributed by atoms with E-state index in [0.29, 0.717) is 25.3 Å². The molecule has 0 unspecified atom stereocenters. The van der Waals surface area contributed by atoms with Gasteiger partial charge in [0.15, 0.2) is 0 Å². The maximum atomic E-state index is 14.2. The maximum Gasteiger partial charge on any atom is 0.307 e. The number of rotatable bonds is 1. The number of quaternary nitrogens is 1. The predicted molar refractivity (Wildman–Crippen MR) is 98.2 cm³/mol. The number of aliphatic carboxylic acids is 1. The Morgan fingerprint density at radius 3 is 2.70 bits per heavy atom. The van der Waals surface area contributed by atoms with Crippen molar-refractivity contribution in [1.29, 1.82) is 0 Å². The normalized spacial score (nSPS) is 57.7. The number of hydrogen-bond acceptors (Lipinski definition) is 3. The van der Waals surface area contributed by atoms with Crippen LogP contribution in [0.1, 0.15) is 52.4 Å². The van der Waals surface area contributed by atoms with Gasteiger partial charge in [-0.05, 0) is 38.0 Å². The van der Waals surface area contributed by atoms with Gasteiger partial charge >= 0.3 is 5.97 Å². The van der Waals surface area contributed by atoms with Gasteiger partial charge in [-0.1, -0.05) is 25.0 Å². The Kier molecular flexibility index (Phi) is 2.90. The van der Waals surface area contributed by atoms with Gasteiger partial charge in [-0.25, -0.2) is 0 Å². The van der Waals surface area contributed by atoms with Crippen LogP contribution in [0.3, 0.4) is 0 Å². The van der Waals surface area contributed by atoms with Crippen LogP contribution in [0.15, 0.2) is 11.1 Å². The number of carbonyl (C=O) groups excluding carboxylic acids is 1. The molecule has 5 heteroatoms. The third-order valence-corrected chi connectivity index (χ3v) is 10.2. The van der Waals surface area contributed by atoms with Gasteiger partial charge in [-0.15, -0.1) is 0 Å². The highest BCUT2D eigenvalue weighted by Crippen LogP contribution is 2.75. The molecule has 6 rings (SSSR count). The molecule has 4 fully saturated rings. The van der Waals surface area contributed by atoms with Crippen LogP contribution >= 0.6 is 0 Å². The molecule has 0 aromatic heterocycles. The van der Waals surface area contributed by atoms with Crippen molar-refractivity contribution in [2.75, 3.05) is 13.1 Å². The van der Waals surface area contributed by atoms with E-state index in [2.05, 4.69) is 13.8 Å². The predicted octanol–water partition coefficient (Wildman–Crippen LogP) is 3.14. The number of fused-ring (bicyclic) bond motifs is 1. The first-order valence-corrected chi connectivity index (χ1v) is 10.8. The van der Waals surface area contributed by atoms with Crippen molar-refractivity contribution in [3.63, 3.8) is 0 Å². The Bertz CT molecular complexity index is 819. The summed E-state index contributed by atoms with van der Waals surface area (Å²) in [5.74, 6) is -0.540. The van der Waals surface area contributed by atoms with Gasteiger partial charge in [0.1, 0.15) is 5.78 Å². The molecule has 0 amide bonds. The topological polar surface area (TPSA) is 77.4 Å². The van der Waals surface area contributed by atoms with E-state index in [1.54, 1.807) is 0 Å². The van der Waals surface area contributed by atoms with Crippen LogP contribution in [0, 0.1) is 45.6 Å². The van der Waals surface area contributed by atoms with Crippen LogP contribution in [-0.4, -0.2) is 40.6 Å². The number of carboxylic acids is 1. The van der Waals surface area contributed by atoms with Gasteiger partial charge in [0.25, 0.3) is 0 Å². The van der Waals surface area contributed by atoms with E-state index in [0.717, 1.165) is 32.1 Å². The monoisotopic (exact) mass is 371 g/mol. The van der Waals surface area contributed by atoms with E-state index in [1.807, 2.05) is 0 Å². The highest BCUT2D eigenvalue weighted by atomic mass is 16.6. The molecular formula is C22H29NO4. The minimum Gasteiger partial charge on any atom is -0.633 e. The van der Waals surface area contributed by atoms with E-state index in [9.17, 15) is 19.9 Å². The van der Waals surface area contributed by atoms with E-state index in [1.165, 1.54) is 11.1 Å². The summed E-state index contributed by atoms with van der Waals surface area (Å²) in [4.78, 5) is 26.3. The van der Waals surface area contributed by atoms with Crippen molar-refractivity contribution >= 4 is 11.8 Å². The number of Topliss-reactive ketones (excluding diaryl/α,β-unsaturated/α-hetero) is 1. The number of piperidine rings is 1. The summed E-state index contributed by atoms with van der Waals surface area (Å²) in [5.41, 5.74) is 1.60. The first kappa shape index (κ1) is 16.7. The van der Waals surface area contributed by atoms with Crippen molar-refractivity contribution < 1.29 is 19.3 Å². The Hall–Kier alpha value is -1.20. The highest BCUT2D eigenvalue weighted by molar-refractivity contribution is 5.95. The molecule has 0 aromatic carbocycles. The number of carboxylic acid groups (broad SMARTS) is 1. The Morgan fingerprint density at radius 2 is 1.96 bits per heavy atom. The molecule has 5 nitrogen and oxygen atoms in total. The largest absolute Gasteiger partial charge is 0.633 e. The van der Waals surface area contributed by atoms with Crippen molar-refractivity contribution in [1.82, 2.24) is 0 Å². The summed E-state index contributed by atoms with van der Waals surface area (Å²) in [6, 6.07) is -0.0259. The molecular weight excluding hydrogens is 342 g/mol. The lowest BCUT2D eigenvalue weighted by Crippen LogP contribution is -2.68. The van der Waals surface area contributed by atoms with Gasteiger partial charge in [0, 0.05) is 29.6 Å². The van der Waals surface area contributed by atoms with Crippen LogP contribution in [0.25, 0.3) is 0 Å². The average molecular weight is 371 g/mol. The van der Waals surface area contributed by atoms with E-state index in [-0.39, 0.29) is 39.8 Å². The van der Waals surface area contributed by atoms with Gasteiger partial charge in [-0.2, -0.15) is 0 Å². The quantitative estimate of drug-likeness (QED) is 0.436. The maximum absolute atomic E-state index is 14.2. The second-order valence-corrected chi connectivity index (χ2v) is 10.8. The third kappa shape index (κ3) is 1.56. The highest BCUT2D eigenvalue weighted by Gasteiger charge is 2.79. The van der Waals surface area contributed by atoms with Gasteiger partial charge in [0.2, 0.25) is 0 Å². The molecule has 2 heterocycles. The van der Waals surface area contributed by atoms with Crippen LogP contribution in [-0.2, 0) is 9.59 Å². The first-order chi connectivity index (χ1) is 12.7. The molecule has 2 saturated carbocycles. The molecule has 0 radical (unpaired) electrons. The smallest absolute Gasteiger partial charge is 0.307 e. The molecule has 1 N–H and O–H groups in total. The zero-order chi connectivity index (χ0) is 18.9. The number of ketones is 1. The standard InChI is InChI=1S/C22H29NO4/c1-11-9-23(27)10-13-5-3-12-4-6-14-16(20(25)26)8-22(18(12)14)19(24)15(11)7-17(23)21(13,22)2/h11,13-17H,3-10H2,1-2H3,(H,25,26)/t11-,13-,14-,15-,16-,17-,21-,22+,23+/m1/s1. The van der Waals surface area contributed by atoms with Crippen LogP contribution in [0.2, 0.25) is 0 Å². The number of hydrogen-bond donors (Lipinski definition) is 1. The lowest BCUT2D eigenvalue weighted by atomic mass is 9.45. The zero-order valence-electron chi connectivity index (χ0n) is 16.2. The summed E-state index contributed by atoms with van der Waals surface area (Å²) < 4.78 is -0.126. The molecule has 2 bridgehead atoms. The lowest BCUT2D eigenvalue weighted by Gasteiger charge is -2.62. The summed E-state index contributed by atoms with van der Waals surface area (Å²) in [7, 11) is 0. The first-order valence-electron chi connectivity index (χ1n) is 10.8. The minimum absolute atomic E-state index is 0.0259. The van der Waals surface area contributed by atoms with Crippen molar-refractivity contribution in [3.8, 4) is 0 Å². The molecule has 27 heavy (non-hydrogen) atoms. The molecule has 2 aliphatic heterocycles. The van der Waals surface area contributed by atoms with E-state index >= 15 is 0 Å². The Balaban J connectivity index is 1.66. The molecule has 4 aliphatic carbocycles. The Morgan fingerprint density at radius 1 is 1.22 bits per heavy atom. The van der Waals surface area contributed by atoms with Gasteiger partial charge in [-0.3, -0.25) is 9.59 Å². The van der Waals surface area contributed by atoms with Crippen LogP contribution in [0.5, 0.6) is 0 Å². The van der Waals surface area contributed by atoms with E-state index < -0.39 is 17.3 Å². The molecule has 9 atom stereocenters. The second kappa shape index (κ2) is 4.68. The molecule has 2 saturated heterocycles. The summed E-state index contributed by atoms with van der Waals surface area (Å²) in [6.07, 6.45) is 5.01. The molecule has 1 spiro atoms. The molecule has 0 aromatic rings. The number of hydroxylamine groups is 3. The van der Waals surface area contributed by atoms with Crippen molar-refractivity contribution in [3.05, 3.63) is 16.4 Å². The molecule has 6 aliphatic rings. The summed E-state index contributed by atoms with van der Waals surface area (Å²) in [6.45, 7) is 5.51. The SMILES string of the molecule is C[C@@H]1C[N@+]2([O-])C[C@H]3CCC4=C5[C@H](CC4)[C@H](C(=O)O)C[C@@]54C(=O)[C@@H]1C[C@@H]2[C@@]34C. The third-order valence-electron chi connectivity index (χ3n) is 10.2. The minimum atomic E-state index is -0.742. The number of carbonyl (C=O) groups is 2. The fourth-order valence-electron chi connectivity index (χ4n) is 9.23. The van der Waals surface area contributed by atoms with Crippen LogP contribution < -0.4 is 0 Å².